The van der Waals surface area contributed by atoms with Crippen molar-refractivity contribution < 1.29 is 13.2 Å². The van der Waals surface area contributed by atoms with Crippen molar-refractivity contribution in [1.82, 2.24) is 24.9 Å². The van der Waals surface area contributed by atoms with Crippen molar-refractivity contribution in [3.63, 3.8) is 0 Å². The highest BCUT2D eigenvalue weighted by Gasteiger charge is 2.24. The Bertz CT molecular complexity index is 1310. The average Bonchev–Trinajstić information content (AvgIpc) is 3.20. The maximum absolute atomic E-state index is 14.5. The van der Waals surface area contributed by atoms with E-state index in [2.05, 4.69) is 35.6 Å². The van der Waals surface area contributed by atoms with Gasteiger partial charge < -0.3 is 15.6 Å². The fourth-order valence-electron chi connectivity index (χ4n) is 4.33. The lowest BCUT2D eigenvalue weighted by atomic mass is 9.91. The second kappa shape index (κ2) is 8.68. The van der Waals surface area contributed by atoms with Gasteiger partial charge in [0.25, 0.3) is 0 Å². The molecule has 2 atom stereocenters. The van der Waals surface area contributed by atoms with Crippen LogP contribution in [0, 0.1) is 24.4 Å². The molecule has 0 bridgehead atoms. The van der Waals surface area contributed by atoms with Gasteiger partial charge in [-0.05, 0) is 38.7 Å². The first-order chi connectivity index (χ1) is 16.0. The van der Waals surface area contributed by atoms with E-state index in [1.54, 1.807) is 0 Å². The number of anilines is 2. The van der Waals surface area contributed by atoms with Crippen molar-refractivity contribution in [2.24, 2.45) is 0 Å². The van der Waals surface area contributed by atoms with Gasteiger partial charge in [0.05, 0.1) is 11.7 Å². The Kier molecular flexibility index (Phi) is 5.57. The number of rotatable bonds is 5. The number of hydrogen-bond acceptors (Lipinski definition) is 6. The molecule has 0 aliphatic heterocycles. The highest BCUT2D eigenvalue weighted by atomic mass is 19.1. The van der Waals surface area contributed by atoms with Crippen molar-refractivity contribution in [3.05, 3.63) is 60.1 Å². The number of hydrogen-bond donors (Lipinski definition) is 3. The van der Waals surface area contributed by atoms with Crippen molar-refractivity contribution in [1.29, 1.82) is 0 Å². The standard InChI is InChI=1S/C23H22F3N7/c1-12-5-20(30-11-29-12)31-14-3-2-4-15(8-14)32-23-19(26)10-28-22(33-23)17-9-27-21-16(17)6-13(24)7-18(21)25/h5-7,9-11,14-15,27H,2-4,8H2,1H3,(H,28,32,33)(H,29,30,31)/t14-,15+/m1/s1. The average molecular weight is 453 g/mol. The van der Waals surface area contributed by atoms with Crippen molar-refractivity contribution in [3.8, 4) is 11.4 Å². The van der Waals surface area contributed by atoms with E-state index in [9.17, 15) is 13.2 Å². The smallest absolute Gasteiger partial charge is 0.183 e. The van der Waals surface area contributed by atoms with Gasteiger partial charge >= 0.3 is 0 Å². The summed E-state index contributed by atoms with van der Waals surface area (Å²) in [7, 11) is 0. The number of fused-ring (bicyclic) bond motifs is 1. The monoisotopic (exact) mass is 453 g/mol. The third kappa shape index (κ3) is 4.46. The second-order valence-corrected chi connectivity index (χ2v) is 8.30. The molecule has 4 aromatic rings. The number of aromatic nitrogens is 5. The zero-order valence-corrected chi connectivity index (χ0v) is 17.9. The van der Waals surface area contributed by atoms with Gasteiger partial charge in [0.15, 0.2) is 17.5 Å². The first kappa shape index (κ1) is 21.2. The number of aryl methyl sites for hydroxylation is 1. The summed E-state index contributed by atoms with van der Waals surface area (Å²) in [4.78, 5) is 19.5. The minimum Gasteiger partial charge on any atom is -0.367 e. The summed E-state index contributed by atoms with van der Waals surface area (Å²) in [6, 6.07) is 4.07. The molecule has 1 aromatic carbocycles. The van der Waals surface area contributed by atoms with Gasteiger partial charge in [0, 0.05) is 47.1 Å². The number of aromatic amines is 1. The zero-order chi connectivity index (χ0) is 22.9. The highest BCUT2D eigenvalue weighted by Crippen LogP contribution is 2.30. The van der Waals surface area contributed by atoms with Gasteiger partial charge in [0.2, 0.25) is 0 Å². The molecule has 0 unspecified atom stereocenters. The summed E-state index contributed by atoms with van der Waals surface area (Å²) in [6.07, 6.45) is 7.64. The quantitative estimate of drug-likeness (QED) is 0.395. The first-order valence-corrected chi connectivity index (χ1v) is 10.8. The normalized spacial score (nSPS) is 18.4. The maximum atomic E-state index is 14.5. The molecule has 0 spiro atoms. The molecule has 10 heteroatoms. The Balaban J connectivity index is 1.36. The highest BCUT2D eigenvalue weighted by molar-refractivity contribution is 5.94. The number of nitrogens with zero attached hydrogens (tertiary/aromatic N) is 4. The van der Waals surface area contributed by atoms with Crippen LogP contribution in [0.3, 0.4) is 0 Å². The Morgan fingerprint density at radius 3 is 2.61 bits per heavy atom. The molecule has 5 rings (SSSR count). The molecule has 3 heterocycles. The van der Waals surface area contributed by atoms with Gasteiger partial charge in [-0.3, -0.25) is 0 Å². The minimum absolute atomic E-state index is 0.00529. The van der Waals surface area contributed by atoms with Crippen LogP contribution in [0.25, 0.3) is 22.3 Å². The van der Waals surface area contributed by atoms with Crippen LogP contribution in [0.4, 0.5) is 24.8 Å². The molecule has 3 N–H and O–H groups in total. The Morgan fingerprint density at radius 2 is 1.79 bits per heavy atom. The van der Waals surface area contributed by atoms with Gasteiger partial charge in [-0.1, -0.05) is 0 Å². The van der Waals surface area contributed by atoms with Crippen LogP contribution in [0.5, 0.6) is 0 Å². The Labute approximate surface area is 187 Å². The fraction of sp³-hybridized carbons (Fsp3) is 0.304. The molecule has 3 aromatic heterocycles. The molecule has 170 valence electrons. The molecule has 7 nitrogen and oxygen atoms in total. The zero-order valence-electron chi connectivity index (χ0n) is 17.9. The molecule has 0 amide bonds. The molecule has 0 saturated heterocycles. The predicted molar refractivity (Wildman–Crippen MR) is 119 cm³/mol. The number of H-pyrrole nitrogens is 1. The van der Waals surface area contributed by atoms with E-state index in [-0.39, 0.29) is 29.2 Å². The van der Waals surface area contributed by atoms with Crippen molar-refractivity contribution >= 4 is 22.5 Å². The molecule has 1 aliphatic carbocycles. The second-order valence-electron chi connectivity index (χ2n) is 8.30. The van der Waals surface area contributed by atoms with E-state index in [0.717, 1.165) is 49.5 Å². The van der Waals surface area contributed by atoms with E-state index in [1.165, 1.54) is 18.6 Å². The first-order valence-electron chi connectivity index (χ1n) is 10.8. The molecular weight excluding hydrogens is 431 g/mol. The van der Waals surface area contributed by atoms with Crippen molar-refractivity contribution in [2.45, 2.75) is 44.7 Å². The number of nitrogens with one attached hydrogen (secondary N) is 3. The van der Waals surface area contributed by atoms with Crippen LogP contribution in [-0.4, -0.2) is 37.0 Å². The maximum Gasteiger partial charge on any atom is 0.183 e. The number of benzene rings is 1. The van der Waals surface area contributed by atoms with Gasteiger partial charge in [-0.2, -0.15) is 0 Å². The summed E-state index contributed by atoms with van der Waals surface area (Å²) in [6.45, 7) is 1.91. The van der Waals surface area contributed by atoms with Gasteiger partial charge in [-0.25, -0.2) is 33.1 Å². The summed E-state index contributed by atoms with van der Waals surface area (Å²) in [5, 5.41) is 6.91. The van der Waals surface area contributed by atoms with E-state index in [0.29, 0.717) is 10.9 Å². The SMILES string of the molecule is Cc1cc(N[C@@H]2CCC[C@H](Nc3nc(-c4c[nH]c5c(F)cc(F)cc45)ncc3F)C2)ncn1. The summed E-state index contributed by atoms with van der Waals surface area (Å²) in [5.41, 5.74) is 1.43. The van der Waals surface area contributed by atoms with Crippen LogP contribution in [-0.2, 0) is 0 Å². The Morgan fingerprint density at radius 1 is 0.970 bits per heavy atom. The summed E-state index contributed by atoms with van der Waals surface area (Å²) >= 11 is 0. The van der Waals surface area contributed by atoms with Gasteiger partial charge in [0.1, 0.15) is 23.8 Å². The van der Waals surface area contributed by atoms with E-state index in [4.69, 9.17) is 0 Å². The fourth-order valence-corrected chi connectivity index (χ4v) is 4.33. The molecule has 0 radical (unpaired) electrons. The third-order valence-corrected chi connectivity index (χ3v) is 5.86. The molecule has 33 heavy (non-hydrogen) atoms. The minimum atomic E-state index is -0.712. The third-order valence-electron chi connectivity index (χ3n) is 5.86. The van der Waals surface area contributed by atoms with E-state index < -0.39 is 17.5 Å². The summed E-state index contributed by atoms with van der Waals surface area (Å²) < 4.78 is 42.4. The lowest BCUT2D eigenvalue weighted by Gasteiger charge is -2.31. The number of halogens is 3. The lowest BCUT2D eigenvalue weighted by Crippen LogP contribution is -2.35. The van der Waals surface area contributed by atoms with Crippen LogP contribution in [0.15, 0.2) is 36.9 Å². The van der Waals surface area contributed by atoms with Crippen LogP contribution < -0.4 is 10.6 Å². The van der Waals surface area contributed by atoms with Gasteiger partial charge in [-0.15, -0.1) is 0 Å². The molecule has 1 aliphatic rings. The molecule has 1 saturated carbocycles. The van der Waals surface area contributed by atoms with Crippen LogP contribution in [0.1, 0.15) is 31.4 Å². The van der Waals surface area contributed by atoms with Crippen LogP contribution in [0.2, 0.25) is 0 Å². The molecule has 1 fully saturated rings. The Hall–Kier alpha value is -3.69. The predicted octanol–water partition coefficient (Wildman–Crippen LogP) is 4.98. The largest absolute Gasteiger partial charge is 0.367 e. The van der Waals surface area contributed by atoms with E-state index in [1.807, 2.05) is 13.0 Å². The van der Waals surface area contributed by atoms with E-state index >= 15 is 0 Å². The van der Waals surface area contributed by atoms with Crippen LogP contribution >= 0.6 is 0 Å². The summed E-state index contributed by atoms with van der Waals surface area (Å²) in [5.74, 6) is -0.996. The lowest BCUT2D eigenvalue weighted by molar-refractivity contribution is 0.424. The van der Waals surface area contributed by atoms with Crippen molar-refractivity contribution in [2.75, 3.05) is 10.6 Å². The molecular formula is C23H22F3N7. The topological polar surface area (TPSA) is 91.4 Å².